The number of amides is 1. The predicted octanol–water partition coefficient (Wildman–Crippen LogP) is 4.05. The highest BCUT2D eigenvalue weighted by molar-refractivity contribution is 6.32. The molecule has 3 fully saturated rings. The molecule has 0 saturated carbocycles. The molecule has 2 atom stereocenters. The Bertz CT molecular complexity index is 1180. The third-order valence-electron chi connectivity index (χ3n) is 6.44. The number of hydrogen-bond donors (Lipinski definition) is 2. The Hall–Kier alpha value is -3.36. The molecule has 0 radical (unpaired) electrons. The lowest BCUT2D eigenvalue weighted by Crippen LogP contribution is -2.55. The van der Waals surface area contributed by atoms with Gasteiger partial charge in [0.25, 0.3) is 5.91 Å². The lowest BCUT2D eigenvalue weighted by atomic mass is 9.97. The number of fused-ring (bicyclic) bond motifs is 3. The van der Waals surface area contributed by atoms with Crippen LogP contribution in [0, 0.1) is 0 Å². The second-order valence-corrected chi connectivity index (χ2v) is 9.17. The number of piperidine rings is 1. The molecule has 8 nitrogen and oxygen atoms in total. The average molecular weight is 494 g/mol. The molecular weight excluding hydrogens is 466 g/mol. The summed E-state index contributed by atoms with van der Waals surface area (Å²) in [4.78, 5) is 24.7. The fourth-order valence-corrected chi connectivity index (χ4v) is 4.77. The first-order chi connectivity index (χ1) is 17.1. The molecule has 1 amide bonds. The zero-order valence-electron chi connectivity index (χ0n) is 19.5. The molecule has 2 N–H and O–H groups in total. The molecule has 4 heterocycles. The number of halogens is 1. The molecule has 2 aromatic carbocycles. The van der Waals surface area contributed by atoms with Gasteiger partial charge in [-0.3, -0.25) is 4.79 Å². The zero-order valence-corrected chi connectivity index (χ0v) is 20.3. The van der Waals surface area contributed by atoms with Crippen LogP contribution >= 0.6 is 11.6 Å². The largest absolute Gasteiger partial charge is 0.495 e. The van der Waals surface area contributed by atoms with Gasteiger partial charge < -0.3 is 25.0 Å². The minimum Gasteiger partial charge on any atom is -0.495 e. The Kier molecular flexibility index (Phi) is 7.01. The monoisotopic (exact) mass is 493 g/mol. The van der Waals surface area contributed by atoms with Crippen LogP contribution in [0.4, 0.5) is 11.8 Å². The molecule has 182 valence electrons. The van der Waals surface area contributed by atoms with Crippen molar-refractivity contribution < 1.29 is 14.3 Å². The second-order valence-electron chi connectivity index (χ2n) is 8.76. The Balaban J connectivity index is 1.38. The lowest BCUT2D eigenvalue weighted by molar-refractivity contribution is -0.0232. The molecule has 3 aliphatic heterocycles. The smallest absolute Gasteiger partial charge is 0.256 e. The maximum Gasteiger partial charge on any atom is 0.256 e. The van der Waals surface area contributed by atoms with Crippen molar-refractivity contribution in [1.82, 2.24) is 15.3 Å². The van der Waals surface area contributed by atoms with E-state index < -0.39 is 0 Å². The Morgan fingerprint density at radius 3 is 2.71 bits per heavy atom. The minimum atomic E-state index is -0.237. The van der Waals surface area contributed by atoms with Crippen molar-refractivity contribution in [2.75, 3.05) is 30.5 Å². The molecule has 3 aliphatic rings. The summed E-state index contributed by atoms with van der Waals surface area (Å²) < 4.78 is 11.1. The molecule has 9 heteroatoms. The van der Waals surface area contributed by atoms with Crippen LogP contribution in [0.3, 0.4) is 0 Å². The number of nitrogens with zero attached hydrogens (tertiary/aromatic N) is 3. The number of benzene rings is 2. The Morgan fingerprint density at radius 2 is 2.03 bits per heavy atom. The van der Waals surface area contributed by atoms with Crippen molar-refractivity contribution in [1.29, 1.82) is 0 Å². The number of aromatic nitrogens is 2. The van der Waals surface area contributed by atoms with Crippen LogP contribution in [0.1, 0.15) is 34.3 Å². The normalized spacial score (nSPS) is 18.9. The van der Waals surface area contributed by atoms with Gasteiger partial charge in [0.1, 0.15) is 17.1 Å². The van der Waals surface area contributed by atoms with E-state index in [0.717, 1.165) is 30.5 Å². The maximum absolute atomic E-state index is 13.1. The van der Waals surface area contributed by atoms with E-state index in [-0.39, 0.29) is 18.1 Å². The topological polar surface area (TPSA) is 88.6 Å². The van der Waals surface area contributed by atoms with Crippen molar-refractivity contribution in [3.8, 4) is 5.75 Å². The van der Waals surface area contributed by atoms with E-state index in [4.69, 9.17) is 26.1 Å². The van der Waals surface area contributed by atoms with Crippen LogP contribution in [0.15, 0.2) is 54.7 Å². The van der Waals surface area contributed by atoms with Crippen LogP contribution < -0.4 is 20.3 Å². The molecule has 2 bridgehead atoms. The molecule has 3 saturated heterocycles. The highest BCUT2D eigenvalue weighted by Gasteiger charge is 2.36. The SMILES string of the molecule is COc1ccc(CNc2nc(N3CC4CCC3CO4)ncc2C(=O)NCc2ccccc2)cc1Cl. The Labute approximate surface area is 209 Å². The summed E-state index contributed by atoms with van der Waals surface area (Å²) in [6, 6.07) is 15.6. The summed E-state index contributed by atoms with van der Waals surface area (Å²) >= 11 is 6.29. The van der Waals surface area contributed by atoms with Gasteiger partial charge in [-0.25, -0.2) is 4.98 Å². The van der Waals surface area contributed by atoms with Gasteiger partial charge in [0.15, 0.2) is 0 Å². The second kappa shape index (κ2) is 10.5. The molecule has 0 spiro atoms. The number of nitrogens with one attached hydrogen (secondary N) is 2. The first-order valence-corrected chi connectivity index (χ1v) is 12.1. The molecular formula is C26H28ClN5O3. The summed E-state index contributed by atoms with van der Waals surface area (Å²) in [5.74, 6) is 1.47. The van der Waals surface area contributed by atoms with E-state index >= 15 is 0 Å². The van der Waals surface area contributed by atoms with E-state index in [1.165, 1.54) is 0 Å². The maximum atomic E-state index is 13.1. The number of carbonyl (C=O) groups excluding carboxylic acids is 1. The fraction of sp³-hybridized carbons (Fsp3) is 0.346. The van der Waals surface area contributed by atoms with E-state index in [9.17, 15) is 4.79 Å². The fourth-order valence-electron chi connectivity index (χ4n) is 4.49. The molecule has 35 heavy (non-hydrogen) atoms. The number of methoxy groups -OCH3 is 1. The highest BCUT2D eigenvalue weighted by Crippen LogP contribution is 2.30. The summed E-state index contributed by atoms with van der Waals surface area (Å²) in [6.07, 6.45) is 3.93. The average Bonchev–Trinajstić information content (AvgIpc) is 2.91. The number of anilines is 2. The minimum absolute atomic E-state index is 0.204. The third-order valence-corrected chi connectivity index (χ3v) is 6.73. The van der Waals surface area contributed by atoms with Crippen molar-refractivity contribution in [3.63, 3.8) is 0 Å². The zero-order chi connectivity index (χ0) is 24.2. The summed E-state index contributed by atoms with van der Waals surface area (Å²) in [6.45, 7) is 2.30. The van der Waals surface area contributed by atoms with E-state index in [1.54, 1.807) is 13.3 Å². The number of rotatable bonds is 8. The van der Waals surface area contributed by atoms with Gasteiger partial charge in [-0.2, -0.15) is 4.98 Å². The lowest BCUT2D eigenvalue weighted by Gasteiger charge is -2.45. The summed E-state index contributed by atoms with van der Waals surface area (Å²) in [7, 11) is 1.58. The molecule has 6 rings (SSSR count). The van der Waals surface area contributed by atoms with Gasteiger partial charge in [0.2, 0.25) is 5.95 Å². The van der Waals surface area contributed by atoms with Crippen molar-refractivity contribution in [2.45, 2.75) is 38.1 Å². The number of carbonyl (C=O) groups is 1. The van der Waals surface area contributed by atoms with E-state index in [2.05, 4.69) is 20.5 Å². The van der Waals surface area contributed by atoms with Crippen molar-refractivity contribution >= 4 is 29.3 Å². The van der Waals surface area contributed by atoms with Crippen LogP contribution in [-0.2, 0) is 17.8 Å². The van der Waals surface area contributed by atoms with Gasteiger partial charge in [-0.15, -0.1) is 0 Å². The molecule has 3 aromatic rings. The summed E-state index contributed by atoms with van der Waals surface area (Å²) in [5, 5.41) is 6.83. The van der Waals surface area contributed by atoms with Crippen molar-refractivity contribution in [2.24, 2.45) is 0 Å². The van der Waals surface area contributed by atoms with Crippen LogP contribution in [0.5, 0.6) is 5.75 Å². The van der Waals surface area contributed by atoms with Gasteiger partial charge in [-0.05, 0) is 36.1 Å². The van der Waals surface area contributed by atoms with Gasteiger partial charge >= 0.3 is 0 Å². The first kappa shape index (κ1) is 23.4. The quantitative estimate of drug-likeness (QED) is 0.489. The molecule has 0 aliphatic carbocycles. The summed E-state index contributed by atoms with van der Waals surface area (Å²) in [5.41, 5.74) is 2.35. The van der Waals surface area contributed by atoms with E-state index in [1.807, 2.05) is 48.5 Å². The van der Waals surface area contributed by atoms with Crippen LogP contribution in [0.25, 0.3) is 0 Å². The van der Waals surface area contributed by atoms with Crippen LogP contribution in [0.2, 0.25) is 5.02 Å². The standard InChI is InChI=1S/C26H28ClN5O3/c1-34-23-10-7-18(11-22(23)27)13-28-24-21(25(33)29-12-17-5-3-2-4-6-17)14-30-26(31-24)32-15-20-9-8-19(32)16-35-20/h2-7,10-11,14,19-20H,8-9,12-13,15-16H2,1H3,(H,29,33)(H,28,30,31). The van der Waals surface area contributed by atoms with Gasteiger partial charge in [0, 0.05) is 25.8 Å². The molecule has 2 unspecified atom stereocenters. The number of hydrogen-bond acceptors (Lipinski definition) is 7. The van der Waals surface area contributed by atoms with Gasteiger partial charge in [-0.1, -0.05) is 48.0 Å². The van der Waals surface area contributed by atoms with E-state index in [0.29, 0.717) is 47.8 Å². The molecule has 1 aromatic heterocycles. The van der Waals surface area contributed by atoms with Gasteiger partial charge in [0.05, 0.1) is 30.9 Å². The number of ether oxygens (including phenoxy) is 2. The third kappa shape index (κ3) is 5.33. The predicted molar refractivity (Wildman–Crippen MR) is 135 cm³/mol. The number of morpholine rings is 1. The highest BCUT2D eigenvalue weighted by atomic mass is 35.5. The van der Waals surface area contributed by atoms with Crippen LogP contribution in [-0.4, -0.2) is 48.3 Å². The first-order valence-electron chi connectivity index (χ1n) is 11.7. The Morgan fingerprint density at radius 1 is 1.17 bits per heavy atom. The van der Waals surface area contributed by atoms with Crippen molar-refractivity contribution in [3.05, 3.63) is 76.4 Å².